The number of methoxy groups -OCH3 is 1. The van der Waals surface area contributed by atoms with Gasteiger partial charge in [0, 0.05) is 0 Å². The Labute approximate surface area is 92.2 Å². The van der Waals surface area contributed by atoms with Gasteiger partial charge in [0.2, 0.25) is 0 Å². The first kappa shape index (κ1) is 13.6. The van der Waals surface area contributed by atoms with Crippen molar-refractivity contribution in [3.63, 3.8) is 0 Å². The smallest absolute Gasteiger partial charge is 0.160 e. The molecule has 0 spiro atoms. The molecule has 0 radical (unpaired) electrons. The minimum Gasteiger partial charge on any atom is -0.504 e. The topological polar surface area (TPSA) is 29.5 Å². The molecule has 0 aromatic heterocycles. The largest absolute Gasteiger partial charge is 0.504 e. The molecule has 1 N–H and O–H groups in total. The molecule has 0 aliphatic rings. The van der Waals surface area contributed by atoms with Crippen LogP contribution >= 0.6 is 0 Å². The predicted octanol–water partition coefficient (Wildman–Crippen LogP) is 3.55. The number of phenols is 1. The molecule has 0 amide bonds. The summed E-state index contributed by atoms with van der Waals surface area (Å²) in [6, 6.07) is 5.27. The van der Waals surface area contributed by atoms with E-state index in [2.05, 4.69) is 20.4 Å². The highest BCUT2D eigenvalue weighted by atomic mass is 16.5. The molecule has 2 nitrogen and oxygen atoms in total. The molecule has 1 aromatic carbocycles. The van der Waals surface area contributed by atoms with E-state index in [1.165, 1.54) is 13.5 Å². The SMILES string of the molecule is C=CCc1ccc(O)c(OC)c1.CCC. The van der Waals surface area contributed by atoms with Crippen molar-refractivity contribution in [2.24, 2.45) is 0 Å². The van der Waals surface area contributed by atoms with Gasteiger partial charge in [-0.05, 0) is 24.1 Å². The van der Waals surface area contributed by atoms with E-state index in [1.54, 1.807) is 12.1 Å². The van der Waals surface area contributed by atoms with Gasteiger partial charge in [0.15, 0.2) is 11.5 Å². The molecular weight excluding hydrogens is 188 g/mol. The van der Waals surface area contributed by atoms with E-state index < -0.39 is 0 Å². The fraction of sp³-hybridized carbons (Fsp3) is 0.385. The Bertz CT molecular complexity index is 293. The molecule has 0 fully saturated rings. The van der Waals surface area contributed by atoms with Crippen LogP contribution in [0.5, 0.6) is 11.5 Å². The van der Waals surface area contributed by atoms with Gasteiger partial charge in [0.05, 0.1) is 7.11 Å². The lowest BCUT2D eigenvalue weighted by Crippen LogP contribution is -1.86. The van der Waals surface area contributed by atoms with E-state index in [1.807, 2.05) is 12.1 Å². The molecular formula is C13H20O2. The van der Waals surface area contributed by atoms with Crippen molar-refractivity contribution in [2.75, 3.05) is 7.11 Å². The minimum atomic E-state index is 0.172. The minimum absolute atomic E-state index is 0.172. The van der Waals surface area contributed by atoms with E-state index >= 15 is 0 Å². The fourth-order valence-electron chi connectivity index (χ4n) is 1.02. The van der Waals surface area contributed by atoms with Crippen molar-refractivity contribution in [1.82, 2.24) is 0 Å². The molecule has 0 unspecified atom stereocenters. The molecule has 0 bridgehead atoms. The summed E-state index contributed by atoms with van der Waals surface area (Å²) >= 11 is 0. The number of benzene rings is 1. The lowest BCUT2D eigenvalue weighted by Gasteiger charge is -2.04. The monoisotopic (exact) mass is 208 g/mol. The fourth-order valence-corrected chi connectivity index (χ4v) is 1.02. The summed E-state index contributed by atoms with van der Waals surface area (Å²) in [5, 5.41) is 9.25. The summed E-state index contributed by atoms with van der Waals surface area (Å²) < 4.78 is 4.95. The zero-order valence-electron chi connectivity index (χ0n) is 9.79. The van der Waals surface area contributed by atoms with Crippen molar-refractivity contribution in [3.05, 3.63) is 36.4 Å². The van der Waals surface area contributed by atoms with Crippen LogP contribution in [0.15, 0.2) is 30.9 Å². The van der Waals surface area contributed by atoms with Crippen LogP contribution in [0, 0.1) is 0 Å². The number of allylic oxidation sites excluding steroid dienone is 1. The number of aromatic hydroxyl groups is 1. The first-order chi connectivity index (χ1) is 7.19. The third-order valence-corrected chi connectivity index (χ3v) is 1.62. The van der Waals surface area contributed by atoms with E-state index in [0.29, 0.717) is 5.75 Å². The lowest BCUT2D eigenvalue weighted by atomic mass is 10.1. The van der Waals surface area contributed by atoms with Gasteiger partial charge in [0.1, 0.15) is 0 Å². The summed E-state index contributed by atoms with van der Waals surface area (Å²) in [5.74, 6) is 0.680. The van der Waals surface area contributed by atoms with E-state index in [-0.39, 0.29) is 5.75 Å². The molecule has 0 saturated heterocycles. The van der Waals surface area contributed by atoms with E-state index in [4.69, 9.17) is 4.74 Å². The summed E-state index contributed by atoms with van der Waals surface area (Å²) in [6.07, 6.45) is 3.85. The molecule has 0 saturated carbocycles. The third-order valence-electron chi connectivity index (χ3n) is 1.62. The Hall–Kier alpha value is -1.44. The van der Waals surface area contributed by atoms with Gasteiger partial charge in [-0.15, -0.1) is 6.58 Å². The Morgan fingerprint density at radius 2 is 2.00 bits per heavy atom. The predicted molar refractivity (Wildman–Crippen MR) is 64.5 cm³/mol. The second kappa shape index (κ2) is 7.92. The Morgan fingerprint density at radius 1 is 1.40 bits per heavy atom. The van der Waals surface area contributed by atoms with Crippen molar-refractivity contribution in [3.8, 4) is 11.5 Å². The van der Waals surface area contributed by atoms with Crippen LogP contribution in [0.1, 0.15) is 25.8 Å². The molecule has 1 aromatic rings. The highest BCUT2D eigenvalue weighted by Crippen LogP contribution is 2.26. The maximum atomic E-state index is 9.25. The van der Waals surface area contributed by atoms with Crippen LogP contribution in [0.3, 0.4) is 0 Å². The van der Waals surface area contributed by atoms with Crippen LogP contribution in [-0.2, 0) is 6.42 Å². The Morgan fingerprint density at radius 3 is 2.47 bits per heavy atom. The van der Waals surface area contributed by atoms with Crippen LogP contribution in [0.25, 0.3) is 0 Å². The van der Waals surface area contributed by atoms with Gasteiger partial charge >= 0.3 is 0 Å². The van der Waals surface area contributed by atoms with Gasteiger partial charge < -0.3 is 9.84 Å². The summed E-state index contributed by atoms with van der Waals surface area (Å²) in [7, 11) is 1.53. The average Bonchev–Trinajstić information content (AvgIpc) is 2.22. The summed E-state index contributed by atoms with van der Waals surface area (Å²) in [4.78, 5) is 0. The first-order valence-electron chi connectivity index (χ1n) is 5.16. The van der Waals surface area contributed by atoms with Crippen LogP contribution in [-0.4, -0.2) is 12.2 Å². The number of rotatable bonds is 3. The molecule has 0 atom stereocenters. The molecule has 1 rings (SSSR count). The highest BCUT2D eigenvalue weighted by Gasteiger charge is 2.00. The van der Waals surface area contributed by atoms with Crippen molar-refractivity contribution in [2.45, 2.75) is 26.7 Å². The van der Waals surface area contributed by atoms with Gasteiger partial charge in [-0.1, -0.05) is 32.4 Å². The second-order valence-corrected chi connectivity index (χ2v) is 3.21. The Kier molecular flexibility index (Phi) is 7.16. The second-order valence-electron chi connectivity index (χ2n) is 3.21. The summed E-state index contributed by atoms with van der Waals surface area (Å²) in [5.41, 5.74) is 1.08. The zero-order valence-corrected chi connectivity index (χ0v) is 9.79. The van der Waals surface area contributed by atoms with Crippen molar-refractivity contribution < 1.29 is 9.84 Å². The van der Waals surface area contributed by atoms with Crippen LogP contribution in [0.4, 0.5) is 0 Å². The molecule has 0 aliphatic carbocycles. The highest BCUT2D eigenvalue weighted by molar-refractivity contribution is 5.42. The maximum absolute atomic E-state index is 9.25. The van der Waals surface area contributed by atoms with Gasteiger partial charge in [-0.3, -0.25) is 0 Å². The molecule has 0 aliphatic heterocycles. The normalized spacial score (nSPS) is 8.73. The zero-order chi connectivity index (χ0) is 11.7. The van der Waals surface area contributed by atoms with Crippen molar-refractivity contribution in [1.29, 1.82) is 0 Å². The molecule has 15 heavy (non-hydrogen) atoms. The molecule has 0 heterocycles. The van der Waals surface area contributed by atoms with E-state index in [0.717, 1.165) is 12.0 Å². The maximum Gasteiger partial charge on any atom is 0.160 e. The van der Waals surface area contributed by atoms with Crippen LogP contribution in [0.2, 0.25) is 0 Å². The first-order valence-corrected chi connectivity index (χ1v) is 5.16. The third kappa shape index (κ3) is 5.11. The van der Waals surface area contributed by atoms with Crippen molar-refractivity contribution >= 4 is 0 Å². The number of hydrogen-bond donors (Lipinski definition) is 1. The number of hydrogen-bond acceptors (Lipinski definition) is 2. The molecule has 84 valence electrons. The standard InChI is InChI=1S/C10H12O2.C3H8/c1-3-4-8-5-6-9(11)10(7-8)12-2;1-3-2/h3,5-7,11H,1,4H2,2H3;3H2,1-2H3. The average molecular weight is 208 g/mol. The number of ether oxygens (including phenoxy) is 1. The van der Waals surface area contributed by atoms with Gasteiger partial charge in [-0.2, -0.15) is 0 Å². The quantitative estimate of drug-likeness (QED) is 0.770. The van der Waals surface area contributed by atoms with Gasteiger partial charge in [0.25, 0.3) is 0 Å². The van der Waals surface area contributed by atoms with E-state index in [9.17, 15) is 5.11 Å². The van der Waals surface area contributed by atoms with Crippen LogP contribution < -0.4 is 4.74 Å². The van der Waals surface area contributed by atoms with Gasteiger partial charge in [-0.25, -0.2) is 0 Å². The summed E-state index contributed by atoms with van der Waals surface area (Å²) in [6.45, 7) is 7.88. The Balaban J connectivity index is 0.000000583. The molecule has 2 heteroatoms. The lowest BCUT2D eigenvalue weighted by molar-refractivity contribution is 0.373. The number of phenolic OH excluding ortho intramolecular Hbond substituents is 1.